The number of aromatic nitrogens is 3. The molecule has 0 spiro atoms. The molecular formula is C20H19BrN6O. The molecule has 1 saturated heterocycles. The van der Waals surface area contributed by atoms with Crippen LogP contribution in [-0.4, -0.2) is 52.2 Å². The molecule has 1 fully saturated rings. The molecule has 1 N–H and O–H groups in total. The standard InChI is InChI=1S/C20H19BrN6O/c21-16-3-1-15(2-4-16)20(28)27-13-11-26(12-14-27)19-6-5-18(24-25-19)23-17-7-9-22-10-8-17/h1-10H,11-14H2,(H,22,23,24). The number of piperazine rings is 1. The monoisotopic (exact) mass is 438 g/mol. The van der Waals surface area contributed by atoms with Crippen molar-refractivity contribution in [3.63, 3.8) is 0 Å². The van der Waals surface area contributed by atoms with Crippen molar-refractivity contribution in [2.45, 2.75) is 0 Å². The van der Waals surface area contributed by atoms with Gasteiger partial charge in [-0.3, -0.25) is 9.78 Å². The van der Waals surface area contributed by atoms with Gasteiger partial charge in [0.05, 0.1) is 0 Å². The fraction of sp³-hybridized carbons (Fsp3) is 0.200. The molecule has 4 rings (SSSR count). The van der Waals surface area contributed by atoms with Crippen LogP contribution < -0.4 is 10.2 Å². The molecule has 142 valence electrons. The van der Waals surface area contributed by atoms with Gasteiger partial charge in [-0.25, -0.2) is 0 Å². The quantitative estimate of drug-likeness (QED) is 0.673. The molecule has 3 aromatic rings. The SMILES string of the molecule is O=C(c1ccc(Br)cc1)N1CCN(c2ccc(Nc3ccncc3)nn2)CC1. The van der Waals surface area contributed by atoms with Crippen LogP contribution in [0.1, 0.15) is 10.4 Å². The van der Waals surface area contributed by atoms with Gasteiger partial charge in [-0.15, -0.1) is 10.2 Å². The predicted octanol–water partition coefficient (Wildman–Crippen LogP) is 3.34. The van der Waals surface area contributed by atoms with Crippen molar-refractivity contribution < 1.29 is 4.79 Å². The topological polar surface area (TPSA) is 74.2 Å². The van der Waals surface area contributed by atoms with Gasteiger partial charge >= 0.3 is 0 Å². The highest BCUT2D eigenvalue weighted by molar-refractivity contribution is 9.10. The number of rotatable bonds is 4. The molecule has 1 aliphatic heterocycles. The Hall–Kier alpha value is -3.00. The van der Waals surface area contributed by atoms with E-state index in [0.717, 1.165) is 29.1 Å². The number of anilines is 3. The fourth-order valence-corrected chi connectivity index (χ4v) is 3.32. The first kappa shape index (κ1) is 18.4. The van der Waals surface area contributed by atoms with E-state index in [-0.39, 0.29) is 5.91 Å². The van der Waals surface area contributed by atoms with Crippen molar-refractivity contribution in [1.82, 2.24) is 20.1 Å². The summed E-state index contributed by atoms with van der Waals surface area (Å²) in [5, 5.41) is 11.8. The molecule has 0 saturated carbocycles. The number of pyridine rings is 1. The molecule has 1 aliphatic rings. The average Bonchev–Trinajstić information content (AvgIpc) is 2.75. The summed E-state index contributed by atoms with van der Waals surface area (Å²) in [4.78, 5) is 20.6. The Morgan fingerprint density at radius 1 is 0.893 bits per heavy atom. The summed E-state index contributed by atoms with van der Waals surface area (Å²) in [7, 11) is 0. The van der Waals surface area contributed by atoms with Gasteiger partial charge in [0, 0.05) is 54.3 Å². The third-order valence-corrected chi connectivity index (χ3v) is 5.11. The fourth-order valence-electron chi connectivity index (χ4n) is 3.06. The molecule has 8 heteroatoms. The van der Waals surface area contributed by atoms with E-state index in [1.165, 1.54) is 0 Å². The molecule has 0 bridgehead atoms. The second-order valence-electron chi connectivity index (χ2n) is 6.42. The van der Waals surface area contributed by atoms with Gasteiger partial charge < -0.3 is 15.1 Å². The Kier molecular flexibility index (Phi) is 5.48. The second kappa shape index (κ2) is 8.35. The minimum Gasteiger partial charge on any atom is -0.352 e. The summed E-state index contributed by atoms with van der Waals surface area (Å²) >= 11 is 3.40. The van der Waals surface area contributed by atoms with E-state index in [1.54, 1.807) is 12.4 Å². The Balaban J connectivity index is 1.34. The van der Waals surface area contributed by atoms with E-state index in [1.807, 2.05) is 53.4 Å². The lowest BCUT2D eigenvalue weighted by Gasteiger charge is -2.35. The number of amides is 1. The van der Waals surface area contributed by atoms with Crippen molar-refractivity contribution >= 4 is 39.2 Å². The number of carbonyl (C=O) groups excluding carboxylic acids is 1. The first-order valence-electron chi connectivity index (χ1n) is 8.99. The Morgan fingerprint density at radius 2 is 1.61 bits per heavy atom. The van der Waals surface area contributed by atoms with Crippen LogP contribution in [0.15, 0.2) is 65.4 Å². The summed E-state index contributed by atoms with van der Waals surface area (Å²) in [5.74, 6) is 1.56. The number of carbonyl (C=O) groups is 1. The van der Waals surface area contributed by atoms with Crippen LogP contribution in [0.25, 0.3) is 0 Å². The highest BCUT2D eigenvalue weighted by Crippen LogP contribution is 2.18. The lowest BCUT2D eigenvalue weighted by molar-refractivity contribution is 0.0746. The van der Waals surface area contributed by atoms with Crippen molar-refractivity contribution in [2.75, 3.05) is 36.4 Å². The van der Waals surface area contributed by atoms with Crippen LogP contribution in [0, 0.1) is 0 Å². The van der Waals surface area contributed by atoms with Crippen LogP contribution in [0.3, 0.4) is 0 Å². The number of nitrogens with one attached hydrogen (secondary N) is 1. The van der Waals surface area contributed by atoms with E-state index in [9.17, 15) is 4.79 Å². The first-order chi connectivity index (χ1) is 13.7. The number of hydrogen-bond acceptors (Lipinski definition) is 6. The number of benzene rings is 1. The molecule has 7 nitrogen and oxygen atoms in total. The molecule has 1 amide bonds. The van der Waals surface area contributed by atoms with Gasteiger partial charge in [0.2, 0.25) is 0 Å². The van der Waals surface area contributed by atoms with E-state index >= 15 is 0 Å². The largest absolute Gasteiger partial charge is 0.352 e. The van der Waals surface area contributed by atoms with Crippen LogP contribution in [-0.2, 0) is 0 Å². The maximum atomic E-state index is 12.6. The average molecular weight is 439 g/mol. The minimum absolute atomic E-state index is 0.0649. The second-order valence-corrected chi connectivity index (χ2v) is 7.34. The van der Waals surface area contributed by atoms with Crippen LogP contribution >= 0.6 is 15.9 Å². The number of halogens is 1. The Morgan fingerprint density at radius 3 is 2.25 bits per heavy atom. The Labute approximate surface area is 171 Å². The van der Waals surface area contributed by atoms with Gasteiger partial charge in [0.15, 0.2) is 11.6 Å². The van der Waals surface area contributed by atoms with Gasteiger partial charge in [0.25, 0.3) is 5.91 Å². The van der Waals surface area contributed by atoms with Crippen molar-refractivity contribution in [3.05, 3.63) is 71.0 Å². The summed E-state index contributed by atoms with van der Waals surface area (Å²) in [5.41, 5.74) is 1.63. The minimum atomic E-state index is 0.0649. The molecule has 1 aromatic carbocycles. The zero-order chi connectivity index (χ0) is 19.3. The lowest BCUT2D eigenvalue weighted by Crippen LogP contribution is -2.49. The van der Waals surface area contributed by atoms with Gasteiger partial charge in [-0.05, 0) is 48.5 Å². The first-order valence-corrected chi connectivity index (χ1v) is 9.79. The molecular weight excluding hydrogens is 420 g/mol. The van der Waals surface area contributed by atoms with E-state index < -0.39 is 0 Å². The third kappa shape index (κ3) is 4.28. The maximum Gasteiger partial charge on any atom is 0.253 e. The molecule has 0 atom stereocenters. The highest BCUT2D eigenvalue weighted by Gasteiger charge is 2.23. The Bertz CT molecular complexity index is 925. The van der Waals surface area contributed by atoms with Gasteiger partial charge in [-0.2, -0.15) is 0 Å². The zero-order valence-corrected chi connectivity index (χ0v) is 16.7. The molecule has 2 aromatic heterocycles. The maximum absolute atomic E-state index is 12.6. The number of hydrogen-bond donors (Lipinski definition) is 1. The summed E-state index contributed by atoms with van der Waals surface area (Å²) in [6.07, 6.45) is 3.44. The number of nitrogens with zero attached hydrogens (tertiary/aromatic N) is 5. The van der Waals surface area contributed by atoms with Crippen LogP contribution in [0.5, 0.6) is 0 Å². The molecule has 0 aliphatic carbocycles. The van der Waals surface area contributed by atoms with Crippen molar-refractivity contribution in [3.8, 4) is 0 Å². The third-order valence-electron chi connectivity index (χ3n) is 4.59. The van der Waals surface area contributed by atoms with Crippen LogP contribution in [0.4, 0.5) is 17.3 Å². The van der Waals surface area contributed by atoms with Crippen LogP contribution in [0.2, 0.25) is 0 Å². The normalized spacial score (nSPS) is 14.0. The van der Waals surface area contributed by atoms with Crippen molar-refractivity contribution in [2.24, 2.45) is 0 Å². The smallest absolute Gasteiger partial charge is 0.253 e. The summed E-state index contributed by atoms with van der Waals surface area (Å²) in [6, 6.07) is 15.1. The highest BCUT2D eigenvalue weighted by atomic mass is 79.9. The lowest BCUT2D eigenvalue weighted by atomic mass is 10.2. The van der Waals surface area contributed by atoms with Gasteiger partial charge in [-0.1, -0.05) is 15.9 Å². The van der Waals surface area contributed by atoms with Crippen molar-refractivity contribution in [1.29, 1.82) is 0 Å². The molecule has 28 heavy (non-hydrogen) atoms. The molecule has 3 heterocycles. The molecule has 0 unspecified atom stereocenters. The molecule has 0 radical (unpaired) electrons. The van der Waals surface area contributed by atoms with E-state index in [4.69, 9.17) is 0 Å². The van der Waals surface area contributed by atoms with E-state index in [0.29, 0.717) is 24.5 Å². The predicted molar refractivity (Wildman–Crippen MR) is 112 cm³/mol. The van der Waals surface area contributed by atoms with Gasteiger partial charge in [0.1, 0.15) is 0 Å². The summed E-state index contributed by atoms with van der Waals surface area (Å²) < 4.78 is 0.967. The zero-order valence-electron chi connectivity index (χ0n) is 15.1. The summed E-state index contributed by atoms with van der Waals surface area (Å²) in [6.45, 7) is 2.78. The van der Waals surface area contributed by atoms with E-state index in [2.05, 4.69) is 41.3 Å².